The highest BCUT2D eigenvalue weighted by molar-refractivity contribution is 7.99. The van der Waals surface area contributed by atoms with Gasteiger partial charge in [-0.15, -0.1) is 10.2 Å². The van der Waals surface area contributed by atoms with E-state index in [1.165, 1.54) is 24.5 Å². The van der Waals surface area contributed by atoms with Crippen LogP contribution in [0, 0.1) is 10.1 Å². The summed E-state index contributed by atoms with van der Waals surface area (Å²) in [6.07, 6.45) is 1.51. The summed E-state index contributed by atoms with van der Waals surface area (Å²) in [5.41, 5.74) is 0.789. The third kappa shape index (κ3) is 4.01. The molecule has 0 bridgehead atoms. The molecule has 0 saturated carbocycles. The number of carbonyl (C=O) groups excluding carboxylic acids is 1. The maximum Gasteiger partial charge on any atom is 0.338 e. The van der Waals surface area contributed by atoms with Crippen molar-refractivity contribution in [3.05, 3.63) is 88.2 Å². The molecule has 8 nitrogen and oxygen atoms in total. The lowest BCUT2D eigenvalue weighted by atomic mass is 10.1. The van der Waals surface area contributed by atoms with E-state index < -0.39 is 10.9 Å². The lowest BCUT2D eigenvalue weighted by Gasteiger charge is -2.09. The highest BCUT2D eigenvalue weighted by Crippen LogP contribution is 2.34. The molecule has 0 saturated heterocycles. The van der Waals surface area contributed by atoms with Crippen molar-refractivity contribution in [3.8, 4) is 0 Å². The quantitative estimate of drug-likeness (QED) is 0.259. The molecule has 4 aromatic rings. The van der Waals surface area contributed by atoms with Crippen LogP contribution >= 0.6 is 11.8 Å². The molecule has 0 atom stereocenters. The largest absolute Gasteiger partial charge is 0.457 e. The van der Waals surface area contributed by atoms with Gasteiger partial charge in [0.15, 0.2) is 5.16 Å². The average Bonchev–Trinajstić information content (AvgIpc) is 3.16. The molecule has 4 rings (SSSR count). The molecule has 0 aliphatic heterocycles. The van der Waals surface area contributed by atoms with Gasteiger partial charge in [0.2, 0.25) is 0 Å². The van der Waals surface area contributed by atoms with Gasteiger partial charge in [0.1, 0.15) is 12.9 Å². The fraction of sp³-hybridized carbons (Fsp3) is 0.0952. The van der Waals surface area contributed by atoms with Crippen LogP contribution in [0.15, 0.2) is 77.0 Å². The second-order valence-corrected chi connectivity index (χ2v) is 7.49. The predicted molar refractivity (Wildman–Crippen MR) is 111 cm³/mol. The molecule has 0 aliphatic rings. The van der Waals surface area contributed by atoms with Gasteiger partial charge in [-0.05, 0) is 40.2 Å². The van der Waals surface area contributed by atoms with Gasteiger partial charge in [0.25, 0.3) is 5.69 Å². The Kier molecular flexibility index (Phi) is 5.44. The zero-order valence-corrected chi connectivity index (χ0v) is 16.7. The summed E-state index contributed by atoms with van der Waals surface area (Å²) >= 11 is 1.10. The number of carbonyl (C=O) groups is 1. The van der Waals surface area contributed by atoms with Crippen LogP contribution in [0.1, 0.15) is 15.9 Å². The zero-order valence-electron chi connectivity index (χ0n) is 15.9. The van der Waals surface area contributed by atoms with Crippen LogP contribution in [0.25, 0.3) is 10.8 Å². The number of ether oxygens (including phenoxy) is 1. The van der Waals surface area contributed by atoms with Gasteiger partial charge in [-0.25, -0.2) is 4.79 Å². The topological polar surface area (TPSA) is 100 Å². The number of fused-ring (bicyclic) bond motifs is 1. The van der Waals surface area contributed by atoms with Crippen LogP contribution in [0.3, 0.4) is 0 Å². The molecule has 1 heterocycles. The molecule has 0 aliphatic carbocycles. The number of rotatable bonds is 6. The number of aryl methyl sites for hydroxylation is 1. The van der Waals surface area contributed by atoms with Crippen LogP contribution in [0.4, 0.5) is 5.69 Å². The van der Waals surface area contributed by atoms with Gasteiger partial charge in [0.05, 0.1) is 15.4 Å². The van der Waals surface area contributed by atoms with Crippen molar-refractivity contribution < 1.29 is 14.5 Å². The van der Waals surface area contributed by atoms with Gasteiger partial charge in [-0.2, -0.15) is 0 Å². The molecule has 0 fully saturated rings. The van der Waals surface area contributed by atoms with Crippen molar-refractivity contribution in [3.63, 3.8) is 0 Å². The third-order valence-electron chi connectivity index (χ3n) is 4.50. The molecule has 30 heavy (non-hydrogen) atoms. The minimum absolute atomic E-state index is 0.0728. The molecule has 9 heteroatoms. The summed E-state index contributed by atoms with van der Waals surface area (Å²) in [5, 5.41) is 21.8. The average molecular weight is 420 g/mol. The molecule has 0 unspecified atom stereocenters. The van der Waals surface area contributed by atoms with E-state index in [4.69, 9.17) is 4.74 Å². The van der Waals surface area contributed by atoms with Crippen molar-refractivity contribution >= 4 is 34.2 Å². The SMILES string of the molecule is Cn1cnnc1Sc1ccc(C(=O)OCc2cccc3ccccc23)cc1[N+](=O)[O-]. The van der Waals surface area contributed by atoms with Crippen molar-refractivity contribution in [2.75, 3.05) is 0 Å². The summed E-state index contributed by atoms with van der Waals surface area (Å²) in [5.74, 6) is -0.624. The summed E-state index contributed by atoms with van der Waals surface area (Å²) in [6, 6.07) is 17.8. The van der Waals surface area contributed by atoms with Gasteiger partial charge >= 0.3 is 5.97 Å². The van der Waals surface area contributed by atoms with Crippen LogP contribution in [0.5, 0.6) is 0 Å². The number of esters is 1. The number of nitro benzene ring substituents is 1. The first-order valence-electron chi connectivity index (χ1n) is 8.97. The Hall–Kier alpha value is -3.72. The second kappa shape index (κ2) is 8.34. The van der Waals surface area contributed by atoms with E-state index in [9.17, 15) is 14.9 Å². The van der Waals surface area contributed by atoms with Crippen LogP contribution in [-0.2, 0) is 18.4 Å². The number of benzene rings is 3. The van der Waals surface area contributed by atoms with Crippen molar-refractivity contribution in [1.29, 1.82) is 0 Å². The second-order valence-electron chi connectivity index (χ2n) is 6.48. The number of aromatic nitrogens is 3. The molecule has 0 N–H and O–H groups in total. The Morgan fingerprint density at radius 2 is 1.97 bits per heavy atom. The van der Waals surface area contributed by atoms with Crippen LogP contribution in [-0.4, -0.2) is 25.7 Å². The standard InChI is InChI=1S/C21H16N4O4S/c1-24-13-22-23-21(24)30-19-10-9-15(11-18(19)25(27)28)20(26)29-12-16-7-4-6-14-5-2-3-8-17(14)16/h2-11,13H,12H2,1H3. The minimum atomic E-state index is -0.624. The first-order chi connectivity index (χ1) is 14.5. The van der Waals surface area contributed by atoms with E-state index in [0.29, 0.717) is 10.1 Å². The predicted octanol–water partition coefficient (Wildman–Crippen LogP) is 4.38. The van der Waals surface area contributed by atoms with Gasteiger partial charge in [-0.1, -0.05) is 42.5 Å². The van der Waals surface area contributed by atoms with Crippen LogP contribution in [0.2, 0.25) is 0 Å². The molecule has 150 valence electrons. The van der Waals surface area contributed by atoms with E-state index in [1.54, 1.807) is 11.6 Å². The first kappa shape index (κ1) is 19.6. The Labute approximate surface area is 175 Å². The van der Waals surface area contributed by atoms with Gasteiger partial charge in [0, 0.05) is 13.1 Å². The van der Waals surface area contributed by atoms with E-state index in [2.05, 4.69) is 10.2 Å². The van der Waals surface area contributed by atoms with E-state index in [-0.39, 0.29) is 17.9 Å². The Balaban J connectivity index is 1.54. The number of nitro groups is 1. The van der Waals surface area contributed by atoms with E-state index >= 15 is 0 Å². The van der Waals surface area contributed by atoms with Crippen molar-refractivity contribution in [1.82, 2.24) is 14.8 Å². The molecular formula is C21H16N4O4S. The fourth-order valence-electron chi connectivity index (χ4n) is 2.98. The molecule has 1 aromatic heterocycles. The minimum Gasteiger partial charge on any atom is -0.457 e. The maximum absolute atomic E-state index is 12.5. The normalized spacial score (nSPS) is 10.8. The Morgan fingerprint density at radius 3 is 2.73 bits per heavy atom. The van der Waals surface area contributed by atoms with Crippen molar-refractivity contribution in [2.24, 2.45) is 7.05 Å². The van der Waals surface area contributed by atoms with E-state index in [0.717, 1.165) is 28.1 Å². The summed E-state index contributed by atoms with van der Waals surface area (Å²) in [6.45, 7) is 0.0728. The number of hydrogen-bond acceptors (Lipinski definition) is 7. The first-order valence-corrected chi connectivity index (χ1v) is 9.78. The third-order valence-corrected chi connectivity index (χ3v) is 5.62. The van der Waals surface area contributed by atoms with Crippen LogP contribution < -0.4 is 0 Å². The summed E-state index contributed by atoms with van der Waals surface area (Å²) < 4.78 is 7.08. The zero-order chi connectivity index (χ0) is 21.1. The molecular weight excluding hydrogens is 404 g/mol. The van der Waals surface area contributed by atoms with Gasteiger partial charge in [-0.3, -0.25) is 10.1 Å². The number of hydrogen-bond donors (Lipinski definition) is 0. The highest BCUT2D eigenvalue weighted by atomic mass is 32.2. The summed E-state index contributed by atoms with van der Waals surface area (Å²) in [4.78, 5) is 23.9. The fourth-order valence-corrected chi connectivity index (χ4v) is 3.83. The maximum atomic E-state index is 12.5. The highest BCUT2D eigenvalue weighted by Gasteiger charge is 2.21. The molecule has 0 radical (unpaired) electrons. The number of nitrogens with zero attached hydrogens (tertiary/aromatic N) is 4. The van der Waals surface area contributed by atoms with Crippen molar-refractivity contribution in [2.45, 2.75) is 16.7 Å². The van der Waals surface area contributed by atoms with Gasteiger partial charge < -0.3 is 9.30 Å². The summed E-state index contributed by atoms with van der Waals surface area (Å²) in [7, 11) is 1.74. The molecule has 0 amide bonds. The molecule has 3 aromatic carbocycles. The Bertz CT molecular complexity index is 1250. The smallest absolute Gasteiger partial charge is 0.338 e. The molecule has 0 spiro atoms. The lowest BCUT2D eigenvalue weighted by molar-refractivity contribution is -0.387. The monoisotopic (exact) mass is 420 g/mol. The van der Waals surface area contributed by atoms with E-state index in [1.807, 2.05) is 42.5 Å². The Morgan fingerprint density at radius 1 is 1.17 bits per heavy atom. The lowest BCUT2D eigenvalue weighted by Crippen LogP contribution is -2.06.